The molecule has 8 heteroatoms. The third kappa shape index (κ3) is 7.70. The lowest BCUT2D eigenvalue weighted by molar-refractivity contribution is -0.152. The summed E-state index contributed by atoms with van der Waals surface area (Å²) >= 11 is 1.13. The highest BCUT2D eigenvalue weighted by molar-refractivity contribution is 7.13. The van der Waals surface area contributed by atoms with E-state index in [0.29, 0.717) is 0 Å². The van der Waals surface area contributed by atoms with Gasteiger partial charge in [-0.05, 0) is 50.4 Å². The van der Waals surface area contributed by atoms with E-state index in [9.17, 15) is 18.0 Å². The third-order valence-electron chi connectivity index (χ3n) is 4.59. The number of carbonyl (C=O) groups is 1. The zero-order chi connectivity index (χ0) is 20.2. The van der Waals surface area contributed by atoms with Gasteiger partial charge in [0.2, 0.25) is 5.91 Å². The second-order valence-electron chi connectivity index (χ2n) is 8.39. The van der Waals surface area contributed by atoms with Gasteiger partial charge in [0.25, 0.3) is 0 Å². The fraction of sp³-hybridized carbons (Fsp3) is 0.737. The number of nitrogens with zero attached hydrogens (tertiary/aromatic N) is 1. The van der Waals surface area contributed by atoms with E-state index in [0.717, 1.165) is 48.7 Å². The monoisotopic (exact) mass is 406 g/mol. The van der Waals surface area contributed by atoms with Gasteiger partial charge < -0.3 is 15.0 Å². The maximum atomic E-state index is 12.5. The summed E-state index contributed by atoms with van der Waals surface area (Å²) in [7, 11) is 0. The van der Waals surface area contributed by atoms with Crippen molar-refractivity contribution in [1.82, 2.24) is 10.2 Å². The van der Waals surface area contributed by atoms with Gasteiger partial charge in [-0.3, -0.25) is 4.79 Å². The Morgan fingerprint density at radius 2 is 2.07 bits per heavy atom. The van der Waals surface area contributed by atoms with Crippen LogP contribution in [-0.4, -0.2) is 43.2 Å². The number of carbonyl (C=O) groups excluding carboxylic acids is 1. The van der Waals surface area contributed by atoms with Crippen molar-refractivity contribution < 1.29 is 22.7 Å². The van der Waals surface area contributed by atoms with Crippen molar-refractivity contribution in [3.63, 3.8) is 0 Å². The van der Waals surface area contributed by atoms with Gasteiger partial charge in [-0.1, -0.05) is 20.8 Å². The number of hydrogen-bond donors (Lipinski definition) is 1. The molecular weight excluding hydrogens is 377 g/mol. The largest absolute Gasteiger partial charge is 0.475 e. The van der Waals surface area contributed by atoms with Gasteiger partial charge in [0.05, 0.1) is 12.0 Å². The smallest absolute Gasteiger partial charge is 0.422 e. The Balaban J connectivity index is 1.79. The minimum absolute atomic E-state index is 0.00641. The molecule has 154 valence electrons. The van der Waals surface area contributed by atoms with Gasteiger partial charge in [-0.15, -0.1) is 11.3 Å². The topological polar surface area (TPSA) is 41.6 Å². The van der Waals surface area contributed by atoms with Crippen LogP contribution in [0.3, 0.4) is 0 Å². The van der Waals surface area contributed by atoms with Crippen molar-refractivity contribution in [1.29, 1.82) is 0 Å². The number of hydrogen-bond acceptors (Lipinski definition) is 4. The second-order valence-corrected chi connectivity index (χ2v) is 9.47. The normalized spacial score (nSPS) is 19.9. The van der Waals surface area contributed by atoms with Crippen LogP contribution >= 0.6 is 11.3 Å². The molecule has 2 unspecified atom stereocenters. The van der Waals surface area contributed by atoms with Crippen LogP contribution in [0.2, 0.25) is 0 Å². The van der Waals surface area contributed by atoms with Crippen LogP contribution in [0.15, 0.2) is 12.1 Å². The molecule has 0 spiro atoms. The molecule has 4 nitrogen and oxygen atoms in total. The summed E-state index contributed by atoms with van der Waals surface area (Å²) in [4.78, 5) is 15.6. The van der Waals surface area contributed by atoms with Gasteiger partial charge in [0, 0.05) is 11.4 Å². The van der Waals surface area contributed by atoms with Crippen molar-refractivity contribution in [2.45, 2.75) is 52.8 Å². The molecule has 1 aliphatic rings. The van der Waals surface area contributed by atoms with E-state index in [-0.39, 0.29) is 28.3 Å². The molecule has 1 aromatic rings. The summed E-state index contributed by atoms with van der Waals surface area (Å²) in [6.45, 7) is 9.85. The number of rotatable bonds is 7. The zero-order valence-corrected chi connectivity index (χ0v) is 17.2. The molecule has 27 heavy (non-hydrogen) atoms. The first-order valence-electron chi connectivity index (χ1n) is 9.25. The highest BCUT2D eigenvalue weighted by Crippen LogP contribution is 2.31. The zero-order valence-electron chi connectivity index (χ0n) is 16.4. The molecule has 1 fully saturated rings. The van der Waals surface area contributed by atoms with Crippen molar-refractivity contribution in [2.75, 3.05) is 26.2 Å². The summed E-state index contributed by atoms with van der Waals surface area (Å²) in [5.74, 6) is -0.0275. The molecule has 0 aromatic carbocycles. The lowest BCUT2D eigenvalue weighted by Crippen LogP contribution is -2.34. The molecule has 1 amide bonds. The van der Waals surface area contributed by atoms with Gasteiger partial charge in [0.1, 0.15) is 0 Å². The Bertz CT molecular complexity index is 625. The summed E-state index contributed by atoms with van der Waals surface area (Å²) in [6, 6.07) is 2.96. The van der Waals surface area contributed by atoms with Crippen LogP contribution in [0.5, 0.6) is 5.06 Å². The first-order valence-corrected chi connectivity index (χ1v) is 10.1. The quantitative estimate of drug-likeness (QED) is 0.718. The number of likely N-dealkylation sites (tertiary alicyclic amines) is 1. The maximum Gasteiger partial charge on any atom is 0.422 e. The molecule has 0 saturated carbocycles. The molecule has 0 radical (unpaired) electrons. The number of ether oxygens (including phenoxy) is 1. The number of nitrogens with one attached hydrogen (secondary N) is 1. The lowest BCUT2D eigenvalue weighted by Gasteiger charge is -2.23. The van der Waals surface area contributed by atoms with Crippen LogP contribution < -0.4 is 10.1 Å². The van der Waals surface area contributed by atoms with Crippen LogP contribution in [0.25, 0.3) is 0 Å². The van der Waals surface area contributed by atoms with Gasteiger partial charge >= 0.3 is 6.18 Å². The first-order chi connectivity index (χ1) is 12.4. The Labute approximate surface area is 163 Å². The predicted molar refractivity (Wildman–Crippen MR) is 101 cm³/mol. The molecule has 1 aromatic heterocycles. The van der Waals surface area contributed by atoms with Gasteiger partial charge in [0.15, 0.2) is 11.7 Å². The standard InChI is InChI=1S/C19H29F3N2O2S/c1-13(15-5-6-16(27-15)26-12-19(20,21)22)23-17(25)14-7-9-24(11-14)10-8-18(2,3)4/h5-6,13-14H,7-12H2,1-4H3,(H,23,25). The average molecular weight is 407 g/mol. The second kappa shape index (κ2) is 8.82. The molecule has 2 rings (SSSR count). The SMILES string of the molecule is CC(NC(=O)C1CCN(CCC(C)(C)C)C1)c1ccc(OCC(F)(F)F)s1. The summed E-state index contributed by atoms with van der Waals surface area (Å²) < 4.78 is 41.4. The van der Waals surface area contributed by atoms with Crippen molar-refractivity contribution in [3.05, 3.63) is 17.0 Å². The van der Waals surface area contributed by atoms with E-state index in [2.05, 4.69) is 31.0 Å². The van der Waals surface area contributed by atoms with Crippen LogP contribution in [0.1, 0.15) is 51.5 Å². The fourth-order valence-electron chi connectivity index (χ4n) is 2.94. The number of thiophene rings is 1. The van der Waals surface area contributed by atoms with E-state index >= 15 is 0 Å². The number of halogens is 3. The van der Waals surface area contributed by atoms with E-state index in [1.54, 1.807) is 6.07 Å². The highest BCUT2D eigenvalue weighted by Gasteiger charge is 2.30. The van der Waals surface area contributed by atoms with E-state index < -0.39 is 12.8 Å². The minimum atomic E-state index is -4.36. The Morgan fingerprint density at radius 1 is 1.37 bits per heavy atom. The Morgan fingerprint density at radius 3 is 2.70 bits per heavy atom. The molecule has 1 N–H and O–H groups in total. The van der Waals surface area contributed by atoms with Crippen LogP contribution in [0, 0.1) is 11.3 Å². The van der Waals surface area contributed by atoms with Crippen molar-refractivity contribution in [3.8, 4) is 5.06 Å². The average Bonchev–Trinajstić information content (AvgIpc) is 3.19. The highest BCUT2D eigenvalue weighted by atomic mass is 32.1. The molecule has 2 atom stereocenters. The number of amides is 1. The Hall–Kier alpha value is -1.28. The minimum Gasteiger partial charge on any atom is -0.475 e. The van der Waals surface area contributed by atoms with Crippen molar-refractivity contribution in [2.24, 2.45) is 11.3 Å². The predicted octanol–water partition coefficient (Wildman–Crippen LogP) is 4.62. The van der Waals surface area contributed by atoms with E-state index in [1.807, 2.05) is 6.92 Å². The van der Waals surface area contributed by atoms with Crippen molar-refractivity contribution >= 4 is 17.2 Å². The third-order valence-corrected chi connectivity index (χ3v) is 5.77. The lowest BCUT2D eigenvalue weighted by atomic mass is 9.92. The van der Waals surface area contributed by atoms with Gasteiger partial charge in [-0.2, -0.15) is 13.2 Å². The molecule has 0 aliphatic carbocycles. The first kappa shape index (κ1) is 22.0. The van der Waals surface area contributed by atoms with E-state index in [1.165, 1.54) is 6.07 Å². The molecule has 2 heterocycles. The summed E-state index contributed by atoms with van der Waals surface area (Å²) in [5.41, 5.74) is 0.278. The molecule has 0 bridgehead atoms. The van der Waals surface area contributed by atoms with E-state index in [4.69, 9.17) is 4.74 Å². The summed E-state index contributed by atoms with van der Waals surface area (Å²) in [5, 5.41) is 3.19. The maximum absolute atomic E-state index is 12.5. The number of alkyl halides is 3. The Kier molecular flexibility index (Phi) is 7.19. The summed E-state index contributed by atoms with van der Waals surface area (Å²) in [6.07, 6.45) is -2.42. The fourth-order valence-corrected chi connectivity index (χ4v) is 3.80. The van der Waals surface area contributed by atoms with Gasteiger partial charge in [-0.25, -0.2) is 0 Å². The molecule has 1 saturated heterocycles. The van der Waals surface area contributed by atoms with Crippen LogP contribution in [0.4, 0.5) is 13.2 Å². The molecule has 1 aliphatic heterocycles. The molecular formula is C19H29F3N2O2S. The van der Waals surface area contributed by atoms with Crippen LogP contribution in [-0.2, 0) is 4.79 Å².